The van der Waals surface area contributed by atoms with Gasteiger partial charge in [0.2, 0.25) is 0 Å². The first-order chi connectivity index (χ1) is 12.2. The molecule has 2 aliphatic rings. The third-order valence-electron chi connectivity index (χ3n) is 5.35. The van der Waals surface area contributed by atoms with Gasteiger partial charge in [-0.1, -0.05) is 24.3 Å². The van der Waals surface area contributed by atoms with E-state index in [1.807, 2.05) is 18.2 Å². The Hall–Kier alpha value is -2.07. The van der Waals surface area contributed by atoms with Crippen LogP contribution in [0.5, 0.6) is 5.75 Å². The molecule has 1 saturated heterocycles. The van der Waals surface area contributed by atoms with E-state index in [-0.39, 0.29) is 5.75 Å². The molecule has 0 unspecified atom stereocenters. The van der Waals surface area contributed by atoms with Gasteiger partial charge in [-0.25, -0.2) is 4.79 Å². The first-order valence-corrected chi connectivity index (χ1v) is 9.21. The molecule has 4 nitrogen and oxygen atoms in total. The maximum absolute atomic E-state index is 12.5. The van der Waals surface area contributed by atoms with Crippen LogP contribution < -0.4 is 5.63 Å². The van der Waals surface area contributed by atoms with Crippen molar-refractivity contribution in [1.82, 2.24) is 0 Å². The van der Waals surface area contributed by atoms with Crippen molar-refractivity contribution in [3.8, 4) is 5.75 Å². The molecule has 0 radical (unpaired) electrons. The zero-order valence-corrected chi connectivity index (χ0v) is 14.4. The van der Waals surface area contributed by atoms with Gasteiger partial charge in [-0.3, -0.25) is 0 Å². The molecule has 4 rings (SSSR count). The Labute approximate surface area is 147 Å². The highest BCUT2D eigenvalue weighted by molar-refractivity contribution is 5.40. The molecule has 2 aromatic rings. The first kappa shape index (κ1) is 16.4. The summed E-state index contributed by atoms with van der Waals surface area (Å²) in [7, 11) is 0. The predicted octanol–water partition coefficient (Wildman–Crippen LogP) is 3.78. The molecule has 1 N–H and O–H groups in total. The van der Waals surface area contributed by atoms with E-state index in [9.17, 15) is 9.90 Å². The van der Waals surface area contributed by atoms with Gasteiger partial charge < -0.3 is 14.3 Å². The van der Waals surface area contributed by atoms with E-state index in [1.54, 1.807) is 6.07 Å². The molecule has 0 spiro atoms. The largest absolute Gasteiger partial charge is 0.507 e. The van der Waals surface area contributed by atoms with Crippen molar-refractivity contribution in [3.05, 3.63) is 63.2 Å². The summed E-state index contributed by atoms with van der Waals surface area (Å²) in [6.07, 6.45) is 5.48. The summed E-state index contributed by atoms with van der Waals surface area (Å²) in [5, 5.41) is 10.4. The first-order valence-electron chi connectivity index (χ1n) is 9.21. The fourth-order valence-electron chi connectivity index (χ4n) is 3.73. The summed E-state index contributed by atoms with van der Waals surface area (Å²) >= 11 is 0. The number of aromatic hydroxyl groups is 1. The van der Waals surface area contributed by atoms with Crippen molar-refractivity contribution in [2.75, 3.05) is 13.2 Å². The molecule has 1 saturated carbocycles. The normalized spacial score (nSPS) is 18.4. The van der Waals surface area contributed by atoms with Gasteiger partial charge >= 0.3 is 5.63 Å². The van der Waals surface area contributed by atoms with Crippen LogP contribution in [0.3, 0.4) is 0 Å². The lowest BCUT2D eigenvalue weighted by Gasteiger charge is -2.21. The van der Waals surface area contributed by atoms with E-state index in [0.29, 0.717) is 36.0 Å². The van der Waals surface area contributed by atoms with Gasteiger partial charge in [-0.15, -0.1) is 0 Å². The van der Waals surface area contributed by atoms with Gasteiger partial charge in [-0.05, 0) is 48.6 Å². The Bertz CT molecular complexity index is 798. The Morgan fingerprint density at radius 3 is 2.56 bits per heavy atom. The molecule has 0 amide bonds. The van der Waals surface area contributed by atoms with Crippen LogP contribution >= 0.6 is 0 Å². The molecular formula is C21H24O4. The molecule has 132 valence electrons. The average molecular weight is 340 g/mol. The number of ether oxygens (including phenoxy) is 1. The third-order valence-corrected chi connectivity index (χ3v) is 5.35. The summed E-state index contributed by atoms with van der Waals surface area (Å²) in [6, 6.07) is 9.83. The highest BCUT2D eigenvalue weighted by Crippen LogP contribution is 2.42. The molecule has 2 heterocycles. The second-order valence-corrected chi connectivity index (χ2v) is 7.27. The molecule has 25 heavy (non-hydrogen) atoms. The van der Waals surface area contributed by atoms with Gasteiger partial charge in [-0.2, -0.15) is 0 Å². The number of benzene rings is 1. The Morgan fingerprint density at radius 1 is 1.08 bits per heavy atom. The van der Waals surface area contributed by atoms with Crippen LogP contribution in [0.15, 0.2) is 39.5 Å². The van der Waals surface area contributed by atoms with Gasteiger partial charge in [0.25, 0.3) is 0 Å². The number of rotatable bonds is 5. The lowest BCUT2D eigenvalue weighted by atomic mass is 9.94. The van der Waals surface area contributed by atoms with Gasteiger partial charge in [0.05, 0.1) is 5.56 Å². The Morgan fingerprint density at radius 2 is 1.84 bits per heavy atom. The topological polar surface area (TPSA) is 59.7 Å². The van der Waals surface area contributed by atoms with Crippen LogP contribution in [-0.4, -0.2) is 18.3 Å². The molecule has 1 aliphatic carbocycles. The Balaban J connectivity index is 1.55. The van der Waals surface area contributed by atoms with E-state index < -0.39 is 5.63 Å². The molecule has 2 fully saturated rings. The maximum Gasteiger partial charge on any atom is 0.343 e. The van der Waals surface area contributed by atoms with Crippen LogP contribution in [0.2, 0.25) is 0 Å². The quantitative estimate of drug-likeness (QED) is 0.900. The van der Waals surface area contributed by atoms with Gasteiger partial charge in [0.1, 0.15) is 11.5 Å². The monoisotopic (exact) mass is 340 g/mol. The summed E-state index contributed by atoms with van der Waals surface area (Å²) < 4.78 is 10.9. The molecule has 1 aromatic heterocycles. The summed E-state index contributed by atoms with van der Waals surface area (Å²) in [5.74, 6) is 1.70. The van der Waals surface area contributed by atoms with Crippen molar-refractivity contribution in [2.24, 2.45) is 5.92 Å². The highest BCUT2D eigenvalue weighted by atomic mass is 16.5. The smallest absolute Gasteiger partial charge is 0.343 e. The van der Waals surface area contributed by atoms with E-state index in [0.717, 1.165) is 31.6 Å². The second kappa shape index (κ2) is 7.04. The van der Waals surface area contributed by atoms with Crippen LogP contribution in [0, 0.1) is 5.92 Å². The minimum Gasteiger partial charge on any atom is -0.507 e. The molecule has 1 aliphatic heterocycles. The van der Waals surface area contributed by atoms with Gasteiger partial charge in [0.15, 0.2) is 0 Å². The van der Waals surface area contributed by atoms with Crippen LogP contribution in [0.1, 0.15) is 54.1 Å². The predicted molar refractivity (Wildman–Crippen MR) is 95.1 cm³/mol. The zero-order valence-electron chi connectivity index (χ0n) is 14.4. The maximum atomic E-state index is 12.5. The molecule has 0 atom stereocenters. The summed E-state index contributed by atoms with van der Waals surface area (Å²) in [5.41, 5.74) is 2.37. The minimum atomic E-state index is -0.410. The van der Waals surface area contributed by atoms with Gasteiger partial charge in [0, 0.05) is 32.1 Å². The van der Waals surface area contributed by atoms with Crippen LogP contribution in [0.4, 0.5) is 0 Å². The minimum absolute atomic E-state index is 0.0592. The average Bonchev–Trinajstić information content (AvgIpc) is 3.44. The van der Waals surface area contributed by atoms with E-state index in [2.05, 4.69) is 6.07 Å². The van der Waals surface area contributed by atoms with Crippen molar-refractivity contribution in [2.45, 2.75) is 44.4 Å². The van der Waals surface area contributed by atoms with Crippen molar-refractivity contribution in [1.29, 1.82) is 0 Å². The van der Waals surface area contributed by atoms with Crippen molar-refractivity contribution < 1.29 is 14.3 Å². The SMILES string of the molecule is O=c1oc(CC2CCOCC2)cc(O)c1Cc1ccccc1C1CC1. The van der Waals surface area contributed by atoms with E-state index in [4.69, 9.17) is 9.15 Å². The number of hydrogen-bond donors (Lipinski definition) is 1. The van der Waals surface area contributed by atoms with Crippen molar-refractivity contribution >= 4 is 0 Å². The molecule has 1 aromatic carbocycles. The highest BCUT2D eigenvalue weighted by Gasteiger charge is 2.26. The third kappa shape index (κ3) is 3.79. The van der Waals surface area contributed by atoms with Crippen molar-refractivity contribution in [3.63, 3.8) is 0 Å². The lowest BCUT2D eigenvalue weighted by Crippen LogP contribution is -2.18. The second-order valence-electron chi connectivity index (χ2n) is 7.27. The zero-order chi connectivity index (χ0) is 17.2. The fraction of sp³-hybridized carbons (Fsp3) is 0.476. The summed E-state index contributed by atoms with van der Waals surface area (Å²) in [6.45, 7) is 1.52. The van der Waals surface area contributed by atoms with Crippen LogP contribution in [0.25, 0.3) is 0 Å². The standard InChI is InChI=1S/C21H24O4/c22-20-13-17(11-14-7-9-24-10-8-14)25-21(23)19(20)12-16-3-1-2-4-18(16)15-5-6-15/h1-4,13-15,22H,5-12H2. The fourth-order valence-corrected chi connectivity index (χ4v) is 3.73. The van der Waals surface area contributed by atoms with E-state index in [1.165, 1.54) is 18.4 Å². The number of hydrogen-bond acceptors (Lipinski definition) is 4. The molecule has 4 heteroatoms. The lowest BCUT2D eigenvalue weighted by molar-refractivity contribution is 0.0648. The Kier molecular flexibility index (Phi) is 4.62. The van der Waals surface area contributed by atoms with E-state index >= 15 is 0 Å². The molecule has 0 bridgehead atoms. The van der Waals surface area contributed by atoms with Crippen LogP contribution in [-0.2, 0) is 17.6 Å². The molecular weight excluding hydrogens is 316 g/mol. The summed E-state index contributed by atoms with van der Waals surface area (Å²) in [4.78, 5) is 12.5.